The Kier molecular flexibility index (Phi) is 57.3. The minimum atomic E-state index is -2.40. The standard InChI is InChI=1S/C27H36OSi.6CO.2Co/c1-5-6-7-8-9-10-11-12-19-24-28-29(27(2,3)4,25-20-15-13-16-21-25)26-22-17-14-18-23-26;6*1-2;;/h8-9,13-18,20-23H,5-7,12,19,24H2,1-4H3;;;;;;;;/b9-8+;;;;;;;;. The van der Waals surface area contributed by atoms with Crippen LogP contribution < -0.4 is 10.4 Å². The van der Waals surface area contributed by atoms with Gasteiger partial charge in [0.1, 0.15) is 0 Å². The second-order valence-corrected chi connectivity index (χ2v) is 12.8. The average molecular weight is 691 g/mol. The Morgan fingerprint density at radius 2 is 1.09 bits per heavy atom. The van der Waals surface area contributed by atoms with Crippen molar-refractivity contribution in [1.82, 2.24) is 0 Å². The van der Waals surface area contributed by atoms with Crippen LogP contribution in [0.15, 0.2) is 72.8 Å². The number of hydrogen-bond acceptors (Lipinski definition) is 1. The van der Waals surface area contributed by atoms with Crippen molar-refractivity contribution in [3.8, 4) is 11.8 Å². The number of allylic oxidation sites excluding steroid dienone is 2. The fourth-order valence-corrected chi connectivity index (χ4v) is 8.35. The van der Waals surface area contributed by atoms with Crippen molar-refractivity contribution in [1.29, 1.82) is 0 Å². The molecule has 2 rings (SSSR count). The van der Waals surface area contributed by atoms with Crippen LogP contribution in [0.5, 0.6) is 0 Å². The van der Waals surface area contributed by atoms with Gasteiger partial charge in [-0.1, -0.05) is 119 Å². The quantitative estimate of drug-likeness (QED) is 0.106. The van der Waals surface area contributed by atoms with E-state index in [-0.39, 0.29) is 38.6 Å². The summed E-state index contributed by atoms with van der Waals surface area (Å²) in [5.74, 6) is 6.43. The van der Waals surface area contributed by atoms with Gasteiger partial charge in [-0.05, 0) is 34.3 Å². The molecule has 2 aromatic carbocycles. The van der Waals surface area contributed by atoms with E-state index in [1.54, 1.807) is 0 Å². The zero-order valence-electron chi connectivity index (χ0n) is 24.7. The number of hydrogen-bond donors (Lipinski definition) is 0. The molecule has 0 N–H and O–H groups in total. The first-order chi connectivity index (χ1) is 20.0. The Hall–Kier alpha value is -2.63. The van der Waals surface area contributed by atoms with E-state index in [9.17, 15) is 0 Å². The molecule has 2 aromatic rings. The van der Waals surface area contributed by atoms with E-state index in [0.717, 1.165) is 25.9 Å². The Balaban J connectivity index is -0.000000165. The van der Waals surface area contributed by atoms with Gasteiger partial charge in [0.15, 0.2) is 0 Å². The molecule has 0 unspecified atom stereocenters. The van der Waals surface area contributed by atoms with Crippen molar-refractivity contribution in [2.45, 2.75) is 64.8 Å². The van der Waals surface area contributed by atoms with Crippen LogP contribution in [0.4, 0.5) is 0 Å². The van der Waals surface area contributed by atoms with Crippen LogP contribution in [0.25, 0.3) is 0 Å². The fraction of sp³-hybridized carbons (Fsp3) is 0.333. The van der Waals surface area contributed by atoms with Gasteiger partial charge in [-0.2, -0.15) is 0 Å². The largest absolute Gasteiger partial charge is 0 e. The molecular formula is C33H36Co2O7Si. The van der Waals surface area contributed by atoms with Crippen molar-refractivity contribution in [3.63, 3.8) is 0 Å². The molecule has 0 heterocycles. The van der Waals surface area contributed by atoms with E-state index in [4.69, 9.17) is 32.3 Å². The molecule has 43 heavy (non-hydrogen) atoms. The Morgan fingerprint density at radius 1 is 0.698 bits per heavy atom. The van der Waals surface area contributed by atoms with Gasteiger partial charge < -0.3 is 4.43 Å². The smallest absolute Gasteiger partial charge is 0 e. The third kappa shape index (κ3) is 24.5. The molecule has 0 saturated carbocycles. The monoisotopic (exact) mass is 690 g/mol. The first-order valence-electron chi connectivity index (χ1n) is 12.1. The summed E-state index contributed by atoms with van der Waals surface area (Å²) in [6.07, 6.45) is 9.61. The van der Waals surface area contributed by atoms with Crippen molar-refractivity contribution in [2.75, 3.05) is 6.61 Å². The maximum atomic E-state index is 7.50. The van der Waals surface area contributed by atoms with Gasteiger partial charge in [0.2, 0.25) is 0 Å². The first-order valence-corrected chi connectivity index (χ1v) is 14.0. The van der Waals surface area contributed by atoms with Gasteiger partial charge in [0.25, 0.3) is 8.32 Å². The summed E-state index contributed by atoms with van der Waals surface area (Å²) in [6.45, 7) is 36.9. The van der Waals surface area contributed by atoms with Crippen molar-refractivity contribution in [2.24, 2.45) is 0 Å². The zero-order chi connectivity index (χ0) is 33.0. The van der Waals surface area contributed by atoms with Gasteiger partial charge in [0, 0.05) is 46.6 Å². The topological polar surface area (TPSA) is 129 Å². The van der Waals surface area contributed by atoms with Crippen LogP contribution in [0.2, 0.25) is 5.04 Å². The van der Waals surface area contributed by atoms with Crippen LogP contribution in [0.3, 0.4) is 0 Å². The van der Waals surface area contributed by atoms with E-state index in [1.165, 1.54) is 23.2 Å². The normalized spacial score (nSPS) is 8.37. The molecule has 0 atom stereocenters. The Labute approximate surface area is 279 Å². The zero-order valence-corrected chi connectivity index (χ0v) is 27.8. The molecule has 2 radical (unpaired) electrons. The van der Waals surface area contributed by atoms with Crippen molar-refractivity contribution < 1.29 is 65.9 Å². The number of unbranched alkanes of at least 4 members (excludes halogenated alkanes) is 3. The number of rotatable bonds is 9. The molecule has 0 aliphatic rings. The molecule has 0 fully saturated rings. The van der Waals surface area contributed by atoms with Gasteiger partial charge in [-0.15, -0.1) is 0 Å². The van der Waals surface area contributed by atoms with Gasteiger partial charge in [-0.3, -0.25) is 0 Å². The van der Waals surface area contributed by atoms with Gasteiger partial charge >= 0.3 is 67.8 Å². The SMILES string of the molecule is CCCC/C=C/C#CCCCO[Si](c1ccccc1)(c1ccccc1)C(C)(C)C.[C-]#[O+].[C-]#[O+].[C-]#[O+].[C-]#[O+].[C-]#[O+].[C-]#[O+].[Co].[Co]. The van der Waals surface area contributed by atoms with Gasteiger partial charge in [-0.25, -0.2) is 0 Å². The fourth-order valence-electron chi connectivity index (χ4n) is 3.74. The summed E-state index contributed by atoms with van der Waals surface area (Å²) in [4.78, 5) is 0. The van der Waals surface area contributed by atoms with Crippen LogP contribution in [0.1, 0.15) is 59.8 Å². The van der Waals surface area contributed by atoms with Crippen LogP contribution >= 0.6 is 0 Å². The predicted molar refractivity (Wildman–Crippen MR) is 153 cm³/mol. The predicted octanol–water partition coefficient (Wildman–Crippen LogP) is 5.86. The summed E-state index contributed by atoms with van der Waals surface area (Å²) in [5, 5.41) is 2.70. The van der Waals surface area contributed by atoms with E-state index in [0.29, 0.717) is 0 Å². The maximum absolute atomic E-state index is 7.50. The minimum Gasteiger partial charge on any atom is 0 e. The van der Waals surface area contributed by atoms with Crippen LogP contribution in [-0.4, -0.2) is 14.9 Å². The van der Waals surface area contributed by atoms with E-state index < -0.39 is 8.32 Å². The molecule has 0 saturated heterocycles. The maximum Gasteiger partial charge on any atom is 0 e. The second-order valence-electron chi connectivity index (χ2n) is 8.48. The van der Waals surface area contributed by atoms with Crippen molar-refractivity contribution >= 4 is 18.7 Å². The summed E-state index contributed by atoms with van der Waals surface area (Å²) in [6, 6.07) is 21.7. The van der Waals surface area contributed by atoms with E-state index in [2.05, 4.69) is 146 Å². The molecule has 0 bridgehead atoms. The van der Waals surface area contributed by atoms with Crippen LogP contribution in [0, 0.1) is 51.7 Å². The van der Waals surface area contributed by atoms with E-state index in [1.807, 2.05) is 6.08 Å². The average Bonchev–Trinajstić information content (AvgIpc) is 3.06. The Morgan fingerprint density at radius 3 is 1.44 bits per heavy atom. The second kappa shape index (κ2) is 43.8. The van der Waals surface area contributed by atoms with Gasteiger partial charge in [0.05, 0.1) is 0 Å². The molecule has 0 amide bonds. The molecule has 0 aromatic heterocycles. The molecule has 0 aliphatic carbocycles. The summed E-state index contributed by atoms with van der Waals surface area (Å²) in [7, 11) is -2.40. The molecule has 232 valence electrons. The molecule has 7 nitrogen and oxygen atoms in total. The Bertz CT molecular complexity index is 988. The summed E-state index contributed by atoms with van der Waals surface area (Å²) >= 11 is 0. The third-order valence-electron chi connectivity index (χ3n) is 5.21. The summed E-state index contributed by atoms with van der Waals surface area (Å²) in [5.41, 5.74) is 0. The van der Waals surface area contributed by atoms with E-state index >= 15 is 0 Å². The molecule has 0 aliphatic heterocycles. The van der Waals surface area contributed by atoms with Crippen molar-refractivity contribution in [3.05, 3.63) is 113 Å². The minimum absolute atomic E-state index is 0. The molecular weight excluding hydrogens is 654 g/mol. The molecule has 0 spiro atoms. The summed E-state index contributed by atoms with van der Waals surface area (Å²) < 4.78 is 51.9. The molecule has 10 heteroatoms. The first kappa shape index (κ1) is 56.2. The number of benzene rings is 2. The third-order valence-corrected chi connectivity index (χ3v) is 10.3. The van der Waals surface area contributed by atoms with Crippen LogP contribution in [-0.2, 0) is 65.9 Å².